The third-order valence-electron chi connectivity index (χ3n) is 7.06. The Hall–Kier alpha value is -5.29. The van der Waals surface area contributed by atoms with Crippen LogP contribution in [-0.2, 0) is 11.4 Å². The maximum Gasteiger partial charge on any atom is 0.307 e. The minimum Gasteiger partial charge on any atom is -0.490 e. The van der Waals surface area contributed by atoms with Gasteiger partial charge in [0.1, 0.15) is 18.1 Å². The Kier molecular flexibility index (Phi) is 10.8. The predicted octanol–water partition coefficient (Wildman–Crippen LogP) is 7.52. The average molecular weight is 700 g/mol. The number of aryl methyl sites for hydroxylation is 3. The van der Waals surface area contributed by atoms with Crippen molar-refractivity contribution in [1.29, 1.82) is 0 Å². The van der Waals surface area contributed by atoms with Crippen LogP contribution >= 0.6 is 15.9 Å². The summed E-state index contributed by atoms with van der Waals surface area (Å²) >= 11 is 3.50. The lowest BCUT2D eigenvalue weighted by molar-refractivity contribution is -0.118. The lowest BCUT2D eigenvalue weighted by Crippen LogP contribution is -2.20. The molecule has 2 aromatic heterocycles. The summed E-state index contributed by atoms with van der Waals surface area (Å²) in [6, 6.07) is 26.1. The highest BCUT2D eigenvalue weighted by Gasteiger charge is 2.14. The summed E-state index contributed by atoms with van der Waals surface area (Å²) in [6.07, 6.45) is 1.46. The Morgan fingerprint density at radius 3 is 2.28 bits per heavy atom. The van der Waals surface area contributed by atoms with Crippen LogP contribution in [0.1, 0.15) is 45.8 Å². The summed E-state index contributed by atoms with van der Waals surface area (Å²) in [4.78, 5) is 25.1. The van der Waals surface area contributed by atoms with Gasteiger partial charge >= 0.3 is 5.91 Å². The van der Waals surface area contributed by atoms with Crippen molar-refractivity contribution in [3.05, 3.63) is 123 Å². The molecule has 5 rings (SSSR count). The van der Waals surface area contributed by atoms with Gasteiger partial charge in [0.25, 0.3) is 5.91 Å². The molecule has 10 nitrogen and oxygen atoms in total. The van der Waals surface area contributed by atoms with Crippen molar-refractivity contribution in [3.8, 4) is 22.9 Å². The average Bonchev–Trinajstić information content (AvgIpc) is 3.68. The molecular formula is C36H35BrN4O6. The second kappa shape index (κ2) is 15.3. The Labute approximate surface area is 281 Å². The van der Waals surface area contributed by atoms with E-state index < -0.39 is 5.91 Å². The molecule has 0 unspecified atom stereocenters. The number of carbonyl (C=O) groups is 2. The van der Waals surface area contributed by atoms with E-state index in [0.717, 1.165) is 22.6 Å². The van der Waals surface area contributed by atoms with E-state index in [1.54, 1.807) is 24.3 Å². The fraction of sp³-hybridized carbons (Fsp3) is 0.194. The summed E-state index contributed by atoms with van der Waals surface area (Å²) in [5, 5.41) is 6.87. The Morgan fingerprint density at radius 1 is 0.872 bits per heavy atom. The molecule has 0 saturated carbocycles. The van der Waals surface area contributed by atoms with Crippen LogP contribution in [0.15, 0.2) is 98.9 Å². The largest absolute Gasteiger partial charge is 0.490 e. The van der Waals surface area contributed by atoms with E-state index in [4.69, 9.17) is 18.6 Å². The fourth-order valence-electron chi connectivity index (χ4n) is 4.72. The van der Waals surface area contributed by atoms with Crippen LogP contribution in [0.4, 0.5) is 5.69 Å². The molecule has 0 atom stereocenters. The van der Waals surface area contributed by atoms with E-state index in [0.29, 0.717) is 45.3 Å². The summed E-state index contributed by atoms with van der Waals surface area (Å²) < 4.78 is 25.8. The lowest BCUT2D eigenvalue weighted by atomic mass is 10.2. The van der Waals surface area contributed by atoms with Crippen molar-refractivity contribution < 1.29 is 28.2 Å². The number of amides is 2. The van der Waals surface area contributed by atoms with Crippen LogP contribution in [0.25, 0.3) is 5.69 Å². The number of hydrogen-bond donors (Lipinski definition) is 2. The van der Waals surface area contributed by atoms with Crippen molar-refractivity contribution in [2.24, 2.45) is 5.10 Å². The van der Waals surface area contributed by atoms with Crippen LogP contribution < -0.4 is 25.0 Å². The molecule has 11 heteroatoms. The van der Waals surface area contributed by atoms with Crippen molar-refractivity contribution in [3.63, 3.8) is 0 Å². The Morgan fingerprint density at radius 2 is 1.57 bits per heavy atom. The maximum atomic E-state index is 12.7. The van der Waals surface area contributed by atoms with Gasteiger partial charge in [0.2, 0.25) is 0 Å². The van der Waals surface area contributed by atoms with Crippen LogP contribution in [0, 0.1) is 20.8 Å². The standard InChI is InChI=1S/C36H35BrN4O6/c1-5-44-33-18-26(31(37)19-34(33)46-22-35(42)39-27-10-6-23(2)7-11-27)20-38-40-36(43)32-17-16-30(47-32)21-45-29-14-12-28(13-15-29)41-24(3)8-9-25(41)4/h6-20H,5,21-22H2,1-4H3,(H,39,42)(H,40,43)/b38-20+. The van der Waals surface area contributed by atoms with Crippen molar-refractivity contribution in [1.82, 2.24) is 9.99 Å². The first kappa shape index (κ1) is 33.1. The molecule has 5 aromatic rings. The van der Waals surface area contributed by atoms with E-state index in [2.05, 4.69) is 62.3 Å². The molecule has 0 aliphatic heterocycles. The number of ether oxygens (including phenoxy) is 3. The minimum atomic E-state index is -0.519. The fourth-order valence-corrected chi connectivity index (χ4v) is 5.15. The molecule has 0 aliphatic carbocycles. The first-order valence-corrected chi connectivity index (χ1v) is 15.8. The van der Waals surface area contributed by atoms with E-state index in [1.807, 2.05) is 62.4 Å². The van der Waals surface area contributed by atoms with Crippen LogP contribution in [-0.4, -0.2) is 35.8 Å². The second-order valence-electron chi connectivity index (χ2n) is 10.7. The molecule has 0 radical (unpaired) electrons. The van der Waals surface area contributed by atoms with Crippen molar-refractivity contribution in [2.75, 3.05) is 18.5 Å². The number of nitrogens with one attached hydrogen (secondary N) is 2. The van der Waals surface area contributed by atoms with Crippen LogP contribution in [0.5, 0.6) is 17.2 Å². The van der Waals surface area contributed by atoms with Crippen molar-refractivity contribution >= 4 is 39.6 Å². The first-order valence-electron chi connectivity index (χ1n) is 15.0. The van der Waals surface area contributed by atoms with Gasteiger partial charge in [-0.1, -0.05) is 17.7 Å². The number of carbonyl (C=O) groups excluding carboxylic acids is 2. The SMILES string of the molecule is CCOc1cc(/C=N/NC(=O)c2ccc(COc3ccc(-n4c(C)ccc4C)cc3)o2)c(Br)cc1OCC(=O)Nc1ccc(C)cc1. The van der Waals surface area contributed by atoms with E-state index in [-0.39, 0.29) is 24.9 Å². The molecule has 0 spiro atoms. The predicted molar refractivity (Wildman–Crippen MR) is 184 cm³/mol. The van der Waals surface area contributed by atoms with Gasteiger partial charge in [0.15, 0.2) is 23.9 Å². The molecule has 47 heavy (non-hydrogen) atoms. The summed E-state index contributed by atoms with van der Waals surface area (Å²) in [5.41, 5.74) is 8.24. The second-order valence-corrected chi connectivity index (χ2v) is 11.5. The molecule has 0 saturated heterocycles. The Balaban J connectivity index is 1.14. The van der Waals surface area contributed by atoms with Gasteiger partial charge in [-0.2, -0.15) is 5.10 Å². The topological polar surface area (TPSA) is 116 Å². The molecular weight excluding hydrogens is 664 g/mol. The zero-order valence-corrected chi connectivity index (χ0v) is 28.1. The van der Waals surface area contributed by atoms with Gasteiger partial charge in [0.05, 0.1) is 12.8 Å². The first-order chi connectivity index (χ1) is 22.7. The zero-order chi connectivity index (χ0) is 33.3. The van der Waals surface area contributed by atoms with Gasteiger partial charge in [-0.25, -0.2) is 5.43 Å². The summed E-state index contributed by atoms with van der Waals surface area (Å²) in [7, 11) is 0. The monoisotopic (exact) mass is 698 g/mol. The number of anilines is 1. The highest BCUT2D eigenvalue weighted by Crippen LogP contribution is 2.33. The third-order valence-corrected chi connectivity index (χ3v) is 7.75. The molecule has 3 aromatic carbocycles. The highest BCUT2D eigenvalue weighted by atomic mass is 79.9. The number of furan rings is 1. The molecule has 0 bridgehead atoms. The smallest absolute Gasteiger partial charge is 0.307 e. The highest BCUT2D eigenvalue weighted by molar-refractivity contribution is 9.10. The Bertz CT molecular complexity index is 1860. The number of halogens is 1. The molecule has 0 aliphatic rings. The number of aromatic nitrogens is 1. The number of benzene rings is 3. The van der Waals surface area contributed by atoms with Gasteiger partial charge in [-0.3, -0.25) is 9.59 Å². The molecule has 0 fully saturated rings. The summed E-state index contributed by atoms with van der Waals surface area (Å²) in [5.74, 6) is 1.25. The quantitative estimate of drug-likeness (QED) is 0.0971. The normalized spacial score (nSPS) is 11.0. The lowest BCUT2D eigenvalue weighted by Gasteiger charge is -2.14. The number of hydrogen-bond acceptors (Lipinski definition) is 7. The van der Waals surface area contributed by atoms with Gasteiger partial charge in [-0.15, -0.1) is 0 Å². The number of nitrogens with zero attached hydrogens (tertiary/aromatic N) is 2. The van der Waals surface area contributed by atoms with E-state index in [1.165, 1.54) is 6.21 Å². The number of rotatable bonds is 13. The van der Waals surface area contributed by atoms with Crippen molar-refractivity contribution in [2.45, 2.75) is 34.3 Å². The molecule has 2 heterocycles. The van der Waals surface area contributed by atoms with Crippen LogP contribution in [0.2, 0.25) is 0 Å². The molecule has 2 N–H and O–H groups in total. The van der Waals surface area contributed by atoms with E-state index >= 15 is 0 Å². The molecule has 2 amide bonds. The van der Waals surface area contributed by atoms with E-state index in [9.17, 15) is 9.59 Å². The number of hydrazone groups is 1. The minimum absolute atomic E-state index is 0.0939. The van der Waals surface area contributed by atoms with Gasteiger partial charge in [0, 0.05) is 32.8 Å². The van der Waals surface area contributed by atoms with Crippen LogP contribution in [0.3, 0.4) is 0 Å². The third kappa shape index (κ3) is 8.71. The van der Waals surface area contributed by atoms with Gasteiger partial charge in [-0.05, 0) is 116 Å². The molecule has 242 valence electrons. The zero-order valence-electron chi connectivity index (χ0n) is 26.5. The van der Waals surface area contributed by atoms with Gasteiger partial charge < -0.3 is 28.5 Å². The summed E-state index contributed by atoms with van der Waals surface area (Å²) in [6.45, 7) is 8.28. The maximum absolute atomic E-state index is 12.7.